The topological polar surface area (TPSA) is 74.9 Å². The van der Waals surface area contributed by atoms with Crippen molar-refractivity contribution in [3.8, 4) is 11.5 Å². The van der Waals surface area contributed by atoms with E-state index in [1.165, 1.54) is 17.0 Å². The number of amides is 1. The van der Waals surface area contributed by atoms with Gasteiger partial charge in [-0.3, -0.25) is 9.69 Å². The van der Waals surface area contributed by atoms with Crippen molar-refractivity contribution < 1.29 is 27.1 Å². The van der Waals surface area contributed by atoms with Gasteiger partial charge in [0.15, 0.2) is 0 Å². The molecule has 1 aromatic heterocycles. The van der Waals surface area contributed by atoms with E-state index in [1.54, 1.807) is 0 Å². The number of carbonyl (C=O) groups excluding carboxylic acids is 1. The second-order valence-electron chi connectivity index (χ2n) is 9.01. The molecule has 190 valence electrons. The third-order valence-corrected chi connectivity index (χ3v) is 6.85. The van der Waals surface area contributed by atoms with Crippen LogP contribution in [0.25, 0.3) is 11.5 Å². The van der Waals surface area contributed by atoms with Gasteiger partial charge in [0.05, 0.1) is 37.2 Å². The lowest BCUT2D eigenvalue weighted by atomic mass is 10.1. The maximum Gasteiger partial charge on any atom is 0.314 e. The fraction of sp³-hybridized carbons (Fsp3) is 0.400. The molecule has 5 rings (SSSR count). The fourth-order valence-electron chi connectivity index (χ4n) is 4.66. The number of ether oxygens (including phenoxy) is 1. The number of benzene rings is 2. The van der Waals surface area contributed by atoms with Gasteiger partial charge in [-0.1, -0.05) is 18.2 Å². The first-order chi connectivity index (χ1) is 17.4. The summed E-state index contributed by atoms with van der Waals surface area (Å²) < 4.78 is 50.6. The largest absolute Gasteiger partial charge is 0.415 e. The Labute approximate surface area is 206 Å². The fourth-order valence-corrected chi connectivity index (χ4v) is 4.66. The van der Waals surface area contributed by atoms with Crippen LogP contribution >= 0.6 is 0 Å². The number of alkyl halides is 2. The number of hydrogen-bond acceptors (Lipinski definition) is 7. The highest BCUT2D eigenvalue weighted by Gasteiger charge is 2.34. The molecule has 1 atom stereocenters. The van der Waals surface area contributed by atoms with Crippen molar-refractivity contribution in [2.24, 2.45) is 0 Å². The second kappa shape index (κ2) is 10.3. The molecule has 8 nitrogen and oxygen atoms in total. The second-order valence-corrected chi connectivity index (χ2v) is 9.01. The highest BCUT2D eigenvalue weighted by Crippen LogP contribution is 2.33. The van der Waals surface area contributed by atoms with E-state index in [0.717, 1.165) is 44.5 Å². The van der Waals surface area contributed by atoms with Gasteiger partial charge < -0.3 is 19.0 Å². The summed E-state index contributed by atoms with van der Waals surface area (Å²) in [5, 5.41) is 6.82. The first-order valence-electron chi connectivity index (χ1n) is 11.7. The van der Waals surface area contributed by atoms with Crippen LogP contribution in [0.5, 0.6) is 0 Å². The van der Waals surface area contributed by atoms with E-state index >= 15 is 0 Å². The molecule has 1 unspecified atom stereocenters. The summed E-state index contributed by atoms with van der Waals surface area (Å²) in [6, 6.07) is 12.4. The number of para-hydroxylation sites is 2. The molecular formula is C25H26F3N5O3. The van der Waals surface area contributed by atoms with E-state index in [2.05, 4.69) is 20.0 Å². The third-order valence-electron chi connectivity index (χ3n) is 6.85. The molecule has 0 saturated carbocycles. The zero-order valence-electron chi connectivity index (χ0n) is 19.7. The molecular weight excluding hydrogens is 475 g/mol. The minimum Gasteiger partial charge on any atom is -0.415 e. The zero-order valence-corrected chi connectivity index (χ0v) is 19.7. The normalized spacial score (nSPS) is 18.4. The van der Waals surface area contributed by atoms with Gasteiger partial charge in [0.1, 0.15) is 5.82 Å². The van der Waals surface area contributed by atoms with Gasteiger partial charge >= 0.3 is 6.43 Å². The van der Waals surface area contributed by atoms with Crippen LogP contribution in [0.3, 0.4) is 0 Å². The van der Waals surface area contributed by atoms with Gasteiger partial charge in [-0.05, 0) is 30.7 Å². The third kappa shape index (κ3) is 4.80. The summed E-state index contributed by atoms with van der Waals surface area (Å²) in [5.41, 5.74) is 1.98. The number of aromatic nitrogens is 2. The Hall–Kier alpha value is -3.44. The van der Waals surface area contributed by atoms with Crippen molar-refractivity contribution in [1.29, 1.82) is 0 Å². The molecule has 0 bridgehead atoms. The molecule has 0 aliphatic carbocycles. The summed E-state index contributed by atoms with van der Waals surface area (Å²) in [6.07, 6.45) is -1.23. The average Bonchev–Trinajstić information content (AvgIpc) is 3.53. The number of rotatable bonds is 9. The molecule has 0 radical (unpaired) electrons. The maximum absolute atomic E-state index is 15.0. The summed E-state index contributed by atoms with van der Waals surface area (Å²) in [5.74, 6) is -1.64. The first kappa shape index (κ1) is 24.3. The minimum absolute atomic E-state index is 0.0111. The highest BCUT2D eigenvalue weighted by molar-refractivity contribution is 5.84. The van der Waals surface area contributed by atoms with Gasteiger partial charge in [0, 0.05) is 37.3 Å². The molecule has 2 saturated heterocycles. The molecule has 3 heterocycles. The molecule has 36 heavy (non-hydrogen) atoms. The van der Waals surface area contributed by atoms with Gasteiger partial charge in [-0.15, -0.1) is 10.2 Å². The standard InChI is InChI=1S/C25H26F3N5O3/c1-31(18-8-9-32(12-18)19-13-35-14-19)21-4-2-3-5-22(21)33(15-34)11-17-7-6-16(10-20(17)26)24-29-30-25(36-24)23(27)28/h2-7,10,15,18-19,23H,8-9,11-14H2,1H3. The quantitative estimate of drug-likeness (QED) is 0.412. The molecule has 1 amide bonds. The van der Waals surface area contributed by atoms with Crippen LogP contribution in [0.4, 0.5) is 24.5 Å². The lowest BCUT2D eigenvalue weighted by Crippen LogP contribution is -2.49. The number of hydrogen-bond donors (Lipinski definition) is 0. The van der Waals surface area contributed by atoms with Crippen LogP contribution in [-0.2, 0) is 16.1 Å². The maximum atomic E-state index is 15.0. The Bertz CT molecular complexity index is 1220. The minimum atomic E-state index is -2.91. The number of likely N-dealkylation sites (N-methyl/N-ethyl adjacent to an activating group) is 1. The number of carbonyl (C=O) groups is 1. The van der Waals surface area contributed by atoms with Crippen LogP contribution in [0, 0.1) is 5.82 Å². The van der Waals surface area contributed by atoms with E-state index < -0.39 is 18.1 Å². The Kier molecular flexibility index (Phi) is 6.92. The smallest absolute Gasteiger partial charge is 0.314 e. The van der Waals surface area contributed by atoms with Gasteiger partial charge in [0.25, 0.3) is 5.89 Å². The lowest BCUT2D eigenvalue weighted by Gasteiger charge is -2.36. The first-order valence-corrected chi connectivity index (χ1v) is 11.7. The molecule has 0 spiro atoms. The van der Waals surface area contributed by atoms with Crippen LogP contribution in [0.15, 0.2) is 46.9 Å². The Morgan fingerprint density at radius 3 is 2.58 bits per heavy atom. The Morgan fingerprint density at radius 1 is 1.17 bits per heavy atom. The number of anilines is 2. The molecule has 2 aromatic carbocycles. The summed E-state index contributed by atoms with van der Waals surface area (Å²) in [7, 11) is 2.01. The van der Waals surface area contributed by atoms with Crippen LogP contribution < -0.4 is 9.80 Å². The van der Waals surface area contributed by atoms with Crippen molar-refractivity contribution in [3.63, 3.8) is 0 Å². The molecule has 2 fully saturated rings. The van der Waals surface area contributed by atoms with E-state index in [-0.39, 0.29) is 29.6 Å². The molecule has 3 aromatic rings. The highest BCUT2D eigenvalue weighted by atomic mass is 19.3. The SMILES string of the molecule is CN(c1ccccc1N(C=O)Cc1ccc(-c2nnc(C(F)F)o2)cc1F)C1CCN(C2COC2)C1. The van der Waals surface area contributed by atoms with Crippen LogP contribution in [-0.4, -0.2) is 66.9 Å². The number of nitrogens with zero attached hydrogens (tertiary/aromatic N) is 5. The van der Waals surface area contributed by atoms with E-state index in [9.17, 15) is 18.0 Å². The van der Waals surface area contributed by atoms with E-state index in [4.69, 9.17) is 9.15 Å². The lowest BCUT2D eigenvalue weighted by molar-refractivity contribution is -0.107. The van der Waals surface area contributed by atoms with Gasteiger partial charge in [-0.2, -0.15) is 8.78 Å². The molecule has 11 heteroatoms. The summed E-state index contributed by atoms with van der Waals surface area (Å²) >= 11 is 0. The number of likely N-dealkylation sites (tertiary alicyclic amines) is 1. The van der Waals surface area contributed by atoms with Crippen molar-refractivity contribution in [2.75, 3.05) is 43.2 Å². The summed E-state index contributed by atoms with van der Waals surface area (Å²) in [6.45, 7) is 3.45. The Balaban J connectivity index is 1.33. The predicted molar refractivity (Wildman–Crippen MR) is 126 cm³/mol. The molecule has 2 aliphatic rings. The van der Waals surface area contributed by atoms with Crippen LogP contribution in [0.2, 0.25) is 0 Å². The monoisotopic (exact) mass is 501 g/mol. The zero-order chi connectivity index (χ0) is 25.2. The average molecular weight is 502 g/mol. The molecule has 2 aliphatic heterocycles. The summed E-state index contributed by atoms with van der Waals surface area (Å²) in [4.78, 5) is 18.2. The van der Waals surface area contributed by atoms with E-state index in [1.807, 2.05) is 31.3 Å². The van der Waals surface area contributed by atoms with Crippen LogP contribution in [0.1, 0.15) is 24.3 Å². The van der Waals surface area contributed by atoms with Crippen molar-refractivity contribution in [3.05, 3.63) is 59.7 Å². The van der Waals surface area contributed by atoms with E-state index in [0.29, 0.717) is 18.1 Å². The molecule has 0 N–H and O–H groups in total. The predicted octanol–water partition coefficient (Wildman–Crippen LogP) is 3.89. The van der Waals surface area contributed by atoms with Crippen molar-refractivity contribution >= 4 is 17.8 Å². The Morgan fingerprint density at radius 2 is 1.94 bits per heavy atom. The number of halogens is 3. The van der Waals surface area contributed by atoms with Crippen molar-refractivity contribution in [1.82, 2.24) is 15.1 Å². The van der Waals surface area contributed by atoms with Gasteiger partial charge in [0.2, 0.25) is 12.3 Å². The van der Waals surface area contributed by atoms with Gasteiger partial charge in [-0.25, -0.2) is 4.39 Å². The van der Waals surface area contributed by atoms with Crippen molar-refractivity contribution in [2.45, 2.75) is 31.5 Å².